The Morgan fingerprint density at radius 1 is 1.53 bits per heavy atom. The molecule has 1 N–H and O–H groups in total. The molecule has 0 atom stereocenters. The lowest BCUT2D eigenvalue weighted by Crippen LogP contribution is -2.43. The van der Waals surface area contributed by atoms with E-state index in [2.05, 4.69) is 15.9 Å². The summed E-state index contributed by atoms with van der Waals surface area (Å²) in [5.41, 5.74) is -0.872. The monoisotopic (exact) mass is 302 g/mol. The van der Waals surface area contributed by atoms with Crippen LogP contribution in [0, 0.1) is 5.82 Å². The molecule has 1 aromatic carbocycles. The van der Waals surface area contributed by atoms with Crippen LogP contribution >= 0.6 is 15.9 Å². The summed E-state index contributed by atoms with van der Waals surface area (Å²) in [5.74, 6) is -1.02. The Balaban J connectivity index is 2.57. The third-order valence-electron chi connectivity index (χ3n) is 3.37. The first-order valence-electron chi connectivity index (χ1n) is 5.28. The number of rotatable bonds is 3. The summed E-state index contributed by atoms with van der Waals surface area (Å²) in [5, 5.41) is 9.29. The van der Waals surface area contributed by atoms with Crippen molar-refractivity contribution < 1.29 is 19.0 Å². The van der Waals surface area contributed by atoms with E-state index < -0.39 is 17.2 Å². The Labute approximate surface area is 107 Å². The first-order chi connectivity index (χ1) is 8.01. The minimum atomic E-state index is -1.08. The van der Waals surface area contributed by atoms with E-state index in [-0.39, 0.29) is 10.0 Å². The van der Waals surface area contributed by atoms with E-state index in [0.29, 0.717) is 18.6 Å². The molecule has 1 fully saturated rings. The first kappa shape index (κ1) is 12.4. The van der Waals surface area contributed by atoms with Crippen molar-refractivity contribution >= 4 is 21.9 Å². The van der Waals surface area contributed by atoms with Crippen LogP contribution in [0.1, 0.15) is 24.8 Å². The lowest BCUT2D eigenvalue weighted by atomic mass is 9.64. The van der Waals surface area contributed by atoms with Crippen molar-refractivity contribution in [1.29, 1.82) is 0 Å². The van der Waals surface area contributed by atoms with Crippen LogP contribution in [0.4, 0.5) is 4.39 Å². The normalized spacial score (nSPS) is 17.4. The standard InChI is InChI=1S/C12H12BrFO3/c1-17-7-5-8(10(14)9(13)6-7)12(11(15)16)3-2-4-12/h5-6H,2-4H2,1H3,(H,15,16). The van der Waals surface area contributed by atoms with Gasteiger partial charge in [0.15, 0.2) is 0 Å². The molecule has 2 rings (SSSR count). The van der Waals surface area contributed by atoms with E-state index in [1.165, 1.54) is 19.2 Å². The maximum atomic E-state index is 14.0. The fraction of sp³-hybridized carbons (Fsp3) is 0.417. The second kappa shape index (κ2) is 4.29. The van der Waals surface area contributed by atoms with Crippen LogP contribution in [-0.4, -0.2) is 18.2 Å². The van der Waals surface area contributed by atoms with Crippen molar-refractivity contribution in [2.45, 2.75) is 24.7 Å². The maximum absolute atomic E-state index is 14.0. The van der Waals surface area contributed by atoms with Crippen LogP contribution in [0.3, 0.4) is 0 Å². The molecule has 1 aromatic rings. The van der Waals surface area contributed by atoms with Gasteiger partial charge in [0.1, 0.15) is 11.6 Å². The van der Waals surface area contributed by atoms with Gasteiger partial charge in [-0.25, -0.2) is 4.39 Å². The number of hydrogen-bond acceptors (Lipinski definition) is 2. The average Bonchev–Trinajstić information content (AvgIpc) is 2.21. The Kier molecular flexibility index (Phi) is 3.12. The highest BCUT2D eigenvalue weighted by molar-refractivity contribution is 9.10. The fourth-order valence-corrected chi connectivity index (χ4v) is 2.60. The zero-order valence-electron chi connectivity index (χ0n) is 9.30. The zero-order chi connectivity index (χ0) is 12.6. The first-order valence-corrected chi connectivity index (χ1v) is 6.07. The molecular weight excluding hydrogens is 291 g/mol. The van der Waals surface area contributed by atoms with Gasteiger partial charge in [0.05, 0.1) is 17.0 Å². The van der Waals surface area contributed by atoms with Gasteiger partial charge in [0.25, 0.3) is 0 Å². The lowest BCUT2D eigenvalue weighted by Gasteiger charge is -2.38. The number of carboxylic acid groups (broad SMARTS) is 1. The van der Waals surface area contributed by atoms with E-state index in [4.69, 9.17) is 4.74 Å². The van der Waals surface area contributed by atoms with Crippen molar-refractivity contribution in [2.75, 3.05) is 7.11 Å². The number of ether oxygens (including phenoxy) is 1. The van der Waals surface area contributed by atoms with E-state index in [9.17, 15) is 14.3 Å². The quantitative estimate of drug-likeness (QED) is 0.933. The van der Waals surface area contributed by atoms with Gasteiger partial charge in [-0.3, -0.25) is 4.79 Å². The molecule has 0 saturated heterocycles. The number of carbonyl (C=O) groups is 1. The van der Waals surface area contributed by atoms with Crippen LogP contribution < -0.4 is 4.74 Å². The summed E-state index contributed by atoms with van der Waals surface area (Å²) in [6.45, 7) is 0. The summed E-state index contributed by atoms with van der Waals surface area (Å²) in [6.07, 6.45) is 1.75. The molecule has 3 nitrogen and oxygen atoms in total. The number of carboxylic acids is 1. The third kappa shape index (κ3) is 1.82. The molecule has 1 aliphatic carbocycles. The summed E-state index contributed by atoms with van der Waals surface area (Å²) in [6, 6.07) is 2.97. The van der Waals surface area contributed by atoms with Gasteiger partial charge < -0.3 is 9.84 Å². The largest absolute Gasteiger partial charge is 0.497 e. The van der Waals surface area contributed by atoms with Crippen LogP contribution in [0.25, 0.3) is 0 Å². The van der Waals surface area contributed by atoms with Gasteiger partial charge >= 0.3 is 5.97 Å². The van der Waals surface area contributed by atoms with Gasteiger partial charge in [-0.15, -0.1) is 0 Å². The highest BCUT2D eigenvalue weighted by Gasteiger charge is 2.48. The minimum Gasteiger partial charge on any atom is -0.497 e. The van der Waals surface area contributed by atoms with Crippen molar-refractivity contribution in [2.24, 2.45) is 0 Å². The molecule has 92 valence electrons. The third-order valence-corrected chi connectivity index (χ3v) is 3.95. The second-order valence-electron chi connectivity index (χ2n) is 4.21. The number of benzene rings is 1. The summed E-state index contributed by atoms with van der Waals surface area (Å²) >= 11 is 3.08. The molecule has 0 heterocycles. The minimum absolute atomic E-state index is 0.211. The number of aliphatic carboxylic acids is 1. The molecule has 0 radical (unpaired) electrons. The highest BCUT2D eigenvalue weighted by Crippen LogP contribution is 2.47. The second-order valence-corrected chi connectivity index (χ2v) is 5.07. The Bertz CT molecular complexity index is 469. The van der Waals surface area contributed by atoms with E-state index in [1.54, 1.807) is 0 Å². The Morgan fingerprint density at radius 3 is 2.59 bits per heavy atom. The molecule has 1 aliphatic rings. The molecule has 0 spiro atoms. The predicted molar refractivity (Wildman–Crippen MR) is 63.8 cm³/mol. The van der Waals surface area contributed by atoms with Crippen molar-refractivity contribution in [3.05, 3.63) is 28.0 Å². The highest BCUT2D eigenvalue weighted by atomic mass is 79.9. The molecular formula is C12H12BrFO3. The van der Waals surface area contributed by atoms with Crippen LogP contribution in [-0.2, 0) is 10.2 Å². The number of halogens is 2. The maximum Gasteiger partial charge on any atom is 0.314 e. The number of methoxy groups -OCH3 is 1. The molecule has 5 heteroatoms. The van der Waals surface area contributed by atoms with Gasteiger partial charge in [-0.05, 0) is 40.9 Å². The van der Waals surface area contributed by atoms with Crippen molar-refractivity contribution in [1.82, 2.24) is 0 Å². The summed E-state index contributed by atoms with van der Waals surface area (Å²) in [4.78, 5) is 11.3. The molecule has 0 aromatic heterocycles. The Morgan fingerprint density at radius 2 is 2.18 bits per heavy atom. The average molecular weight is 303 g/mol. The van der Waals surface area contributed by atoms with E-state index >= 15 is 0 Å². The van der Waals surface area contributed by atoms with Gasteiger partial charge in [-0.2, -0.15) is 0 Å². The van der Waals surface area contributed by atoms with E-state index in [1.807, 2.05) is 0 Å². The SMILES string of the molecule is COc1cc(Br)c(F)c(C2(C(=O)O)CCC2)c1. The Hall–Kier alpha value is -1.10. The van der Waals surface area contributed by atoms with Crippen LogP contribution in [0.15, 0.2) is 16.6 Å². The molecule has 0 bridgehead atoms. The molecule has 0 unspecified atom stereocenters. The zero-order valence-corrected chi connectivity index (χ0v) is 10.9. The fourth-order valence-electron chi connectivity index (χ4n) is 2.16. The predicted octanol–water partition coefficient (Wildman–Crippen LogP) is 3.10. The van der Waals surface area contributed by atoms with Crippen LogP contribution in [0.5, 0.6) is 5.75 Å². The van der Waals surface area contributed by atoms with E-state index in [0.717, 1.165) is 6.42 Å². The van der Waals surface area contributed by atoms with Crippen molar-refractivity contribution in [3.8, 4) is 5.75 Å². The number of hydrogen-bond donors (Lipinski definition) is 1. The van der Waals surface area contributed by atoms with Gasteiger partial charge in [0, 0.05) is 5.56 Å². The summed E-state index contributed by atoms with van der Waals surface area (Å²) in [7, 11) is 1.47. The van der Waals surface area contributed by atoms with Gasteiger partial charge in [0.2, 0.25) is 0 Å². The summed E-state index contributed by atoms with van der Waals surface area (Å²) < 4.78 is 19.3. The molecule has 0 aliphatic heterocycles. The lowest BCUT2D eigenvalue weighted by molar-refractivity contribution is -0.147. The van der Waals surface area contributed by atoms with Crippen LogP contribution in [0.2, 0.25) is 0 Å². The molecule has 17 heavy (non-hydrogen) atoms. The molecule has 1 saturated carbocycles. The topological polar surface area (TPSA) is 46.5 Å². The smallest absolute Gasteiger partial charge is 0.314 e. The van der Waals surface area contributed by atoms with Crippen molar-refractivity contribution in [3.63, 3.8) is 0 Å². The molecule has 0 amide bonds. The van der Waals surface area contributed by atoms with Gasteiger partial charge in [-0.1, -0.05) is 6.42 Å².